The standard InChI is InChI=1S/C3H8O4S.C3H8.C2H7N/c4-2-1-3-8(5,6)7;2*1-3-2/h4H,1-3H2,(H,5,6,7);3H2,1-2H3;3H,1-2H3. The van der Waals surface area contributed by atoms with Gasteiger partial charge in [-0.1, -0.05) is 20.3 Å². The van der Waals surface area contributed by atoms with Crippen LogP contribution in [0.3, 0.4) is 0 Å². The molecule has 0 amide bonds. The van der Waals surface area contributed by atoms with Crippen molar-refractivity contribution in [1.82, 2.24) is 5.32 Å². The van der Waals surface area contributed by atoms with Crippen LogP contribution in [0.5, 0.6) is 0 Å². The molecule has 0 aliphatic heterocycles. The maximum Gasteiger partial charge on any atom is 0.264 e. The zero-order chi connectivity index (χ0) is 12.0. The van der Waals surface area contributed by atoms with E-state index in [4.69, 9.17) is 9.66 Å². The van der Waals surface area contributed by atoms with Crippen LogP contribution in [0.4, 0.5) is 0 Å². The minimum Gasteiger partial charge on any atom is -0.396 e. The maximum absolute atomic E-state index is 9.83. The molecule has 0 radical (unpaired) electrons. The topological polar surface area (TPSA) is 86.6 Å². The van der Waals surface area contributed by atoms with Crippen molar-refractivity contribution >= 4 is 10.1 Å². The van der Waals surface area contributed by atoms with Crippen LogP contribution in [0, 0.1) is 0 Å². The van der Waals surface area contributed by atoms with Crippen molar-refractivity contribution in [1.29, 1.82) is 0 Å². The van der Waals surface area contributed by atoms with E-state index < -0.39 is 10.1 Å². The third kappa shape index (κ3) is 59.5. The molecule has 0 bridgehead atoms. The lowest BCUT2D eigenvalue weighted by Gasteiger charge is -1.89. The first kappa shape index (κ1) is 19.4. The predicted octanol–water partition coefficient (Wildman–Crippen LogP) is 0.509. The van der Waals surface area contributed by atoms with Gasteiger partial charge < -0.3 is 10.4 Å². The molecule has 90 valence electrons. The normalized spacial score (nSPS) is 9.29. The van der Waals surface area contributed by atoms with Crippen molar-refractivity contribution < 1.29 is 18.1 Å². The van der Waals surface area contributed by atoms with Gasteiger partial charge in [0.25, 0.3) is 10.1 Å². The maximum atomic E-state index is 9.83. The van der Waals surface area contributed by atoms with E-state index in [9.17, 15) is 8.42 Å². The Bertz CT molecular complexity index is 166. The first-order valence-corrected chi connectivity index (χ1v) is 6.14. The Morgan fingerprint density at radius 3 is 1.57 bits per heavy atom. The van der Waals surface area contributed by atoms with Crippen LogP contribution in [0.2, 0.25) is 0 Å². The lowest BCUT2D eigenvalue weighted by atomic mass is 10.5. The summed E-state index contributed by atoms with van der Waals surface area (Å²) in [7, 11) is -0.0963. The molecule has 0 aromatic heterocycles. The molecule has 0 aromatic carbocycles. The van der Waals surface area contributed by atoms with Crippen LogP contribution in [0.15, 0.2) is 0 Å². The summed E-state index contributed by atoms with van der Waals surface area (Å²) in [5.41, 5.74) is 0. The highest BCUT2D eigenvalue weighted by molar-refractivity contribution is 7.85. The first-order chi connectivity index (χ1) is 6.39. The van der Waals surface area contributed by atoms with Gasteiger partial charge in [-0.2, -0.15) is 8.42 Å². The van der Waals surface area contributed by atoms with Crippen LogP contribution >= 0.6 is 0 Å². The Balaban J connectivity index is -0.000000168. The Hall–Kier alpha value is -0.170. The number of aliphatic hydroxyl groups excluding tert-OH is 1. The largest absolute Gasteiger partial charge is 0.396 e. The molecule has 0 fully saturated rings. The molecule has 0 aromatic rings. The van der Waals surface area contributed by atoms with Crippen LogP contribution in [-0.4, -0.2) is 44.5 Å². The second-order valence-electron chi connectivity index (χ2n) is 2.57. The summed E-state index contributed by atoms with van der Waals surface area (Å²) >= 11 is 0. The van der Waals surface area contributed by atoms with E-state index in [0.717, 1.165) is 0 Å². The number of nitrogens with one attached hydrogen (secondary N) is 1. The molecule has 6 heteroatoms. The fraction of sp³-hybridized carbons (Fsp3) is 1.00. The van der Waals surface area contributed by atoms with E-state index in [1.165, 1.54) is 6.42 Å². The third-order valence-corrected chi connectivity index (χ3v) is 1.36. The smallest absolute Gasteiger partial charge is 0.264 e. The summed E-state index contributed by atoms with van der Waals surface area (Å²) in [6.07, 6.45) is 1.35. The van der Waals surface area contributed by atoms with Crippen molar-refractivity contribution in [2.75, 3.05) is 26.5 Å². The van der Waals surface area contributed by atoms with Crippen molar-refractivity contribution in [2.24, 2.45) is 0 Å². The van der Waals surface area contributed by atoms with E-state index in [-0.39, 0.29) is 18.8 Å². The highest BCUT2D eigenvalue weighted by Gasteiger charge is 2.00. The third-order valence-electron chi connectivity index (χ3n) is 0.560. The van der Waals surface area contributed by atoms with Gasteiger partial charge in [0, 0.05) is 6.61 Å². The van der Waals surface area contributed by atoms with E-state index >= 15 is 0 Å². The van der Waals surface area contributed by atoms with E-state index in [0.29, 0.717) is 0 Å². The fourth-order valence-electron chi connectivity index (χ4n) is 0.247. The van der Waals surface area contributed by atoms with Crippen molar-refractivity contribution in [3.8, 4) is 0 Å². The molecule has 0 spiro atoms. The fourth-order valence-corrected chi connectivity index (χ4v) is 0.741. The van der Waals surface area contributed by atoms with E-state index in [1.54, 1.807) is 0 Å². The SMILES string of the molecule is CCC.CNC.O=S(=O)(O)CCCO. The summed E-state index contributed by atoms with van der Waals surface area (Å²) in [5, 5.41) is 10.8. The monoisotopic (exact) mass is 229 g/mol. The van der Waals surface area contributed by atoms with Crippen LogP contribution in [-0.2, 0) is 10.1 Å². The second kappa shape index (κ2) is 15.3. The van der Waals surface area contributed by atoms with Gasteiger partial charge in [0.2, 0.25) is 0 Å². The van der Waals surface area contributed by atoms with Gasteiger partial charge >= 0.3 is 0 Å². The minimum atomic E-state index is -3.85. The zero-order valence-corrected chi connectivity index (χ0v) is 10.3. The van der Waals surface area contributed by atoms with Gasteiger partial charge in [0.15, 0.2) is 0 Å². The van der Waals surface area contributed by atoms with E-state index in [1.807, 2.05) is 14.1 Å². The quantitative estimate of drug-likeness (QED) is 0.614. The molecular formula is C8H23NO4S. The van der Waals surface area contributed by atoms with Gasteiger partial charge in [0.1, 0.15) is 0 Å². The lowest BCUT2D eigenvalue weighted by molar-refractivity contribution is 0.294. The summed E-state index contributed by atoms with van der Waals surface area (Å²) in [4.78, 5) is 0. The molecule has 0 saturated heterocycles. The minimum absolute atomic E-state index is 0.0961. The summed E-state index contributed by atoms with van der Waals surface area (Å²) in [6.45, 7) is 4.04. The highest BCUT2D eigenvalue weighted by Crippen LogP contribution is 1.84. The Labute approximate surface area is 87.3 Å². The van der Waals surface area contributed by atoms with Gasteiger partial charge in [-0.3, -0.25) is 4.55 Å². The number of rotatable bonds is 3. The predicted molar refractivity (Wildman–Crippen MR) is 59.1 cm³/mol. The molecule has 0 aliphatic rings. The average Bonchev–Trinajstić information content (AvgIpc) is 2.02. The Morgan fingerprint density at radius 1 is 1.21 bits per heavy atom. The molecule has 3 N–H and O–H groups in total. The molecule has 0 atom stereocenters. The summed E-state index contributed by atoms with van der Waals surface area (Å²) in [5.74, 6) is -0.358. The van der Waals surface area contributed by atoms with Crippen molar-refractivity contribution in [3.05, 3.63) is 0 Å². The van der Waals surface area contributed by atoms with Gasteiger partial charge in [-0.25, -0.2) is 0 Å². The average molecular weight is 229 g/mol. The molecule has 0 heterocycles. The summed E-state index contributed by atoms with van der Waals surface area (Å²) in [6, 6.07) is 0. The second-order valence-corrected chi connectivity index (χ2v) is 4.14. The molecule has 0 aliphatic carbocycles. The van der Waals surface area contributed by atoms with Gasteiger partial charge in [-0.05, 0) is 20.5 Å². The summed E-state index contributed by atoms with van der Waals surface area (Å²) < 4.78 is 27.7. The zero-order valence-electron chi connectivity index (χ0n) is 9.45. The van der Waals surface area contributed by atoms with Crippen LogP contribution in [0.1, 0.15) is 26.7 Å². The van der Waals surface area contributed by atoms with Crippen molar-refractivity contribution in [3.63, 3.8) is 0 Å². The molecular weight excluding hydrogens is 206 g/mol. The van der Waals surface area contributed by atoms with Crippen molar-refractivity contribution in [2.45, 2.75) is 26.7 Å². The lowest BCUT2D eigenvalue weighted by Crippen LogP contribution is -2.04. The molecule has 0 rings (SSSR count). The Morgan fingerprint density at radius 2 is 1.50 bits per heavy atom. The highest BCUT2D eigenvalue weighted by atomic mass is 32.2. The van der Waals surface area contributed by atoms with E-state index in [2.05, 4.69) is 19.2 Å². The van der Waals surface area contributed by atoms with Crippen LogP contribution in [0.25, 0.3) is 0 Å². The number of aliphatic hydroxyl groups is 1. The molecule has 0 saturated carbocycles. The van der Waals surface area contributed by atoms with Gasteiger partial charge in [-0.15, -0.1) is 0 Å². The molecule has 0 unspecified atom stereocenters. The Kier molecular flexibility index (Phi) is 21.2. The van der Waals surface area contributed by atoms with Gasteiger partial charge in [0.05, 0.1) is 5.75 Å². The molecule has 5 nitrogen and oxygen atoms in total. The number of hydrogen-bond acceptors (Lipinski definition) is 4. The first-order valence-electron chi connectivity index (χ1n) is 4.54. The number of hydrogen-bond donors (Lipinski definition) is 3. The van der Waals surface area contributed by atoms with Crippen LogP contribution < -0.4 is 5.32 Å². The molecule has 14 heavy (non-hydrogen) atoms.